The number of hydrogen-bond acceptors (Lipinski definition) is 3. The molecule has 2 aliphatic heterocycles. The molecule has 20 heavy (non-hydrogen) atoms. The van der Waals surface area contributed by atoms with Crippen LogP contribution in [0.1, 0.15) is 26.2 Å². The first-order chi connectivity index (χ1) is 9.54. The lowest BCUT2D eigenvalue weighted by molar-refractivity contribution is 0.262. The minimum absolute atomic E-state index is 0.589. The van der Waals surface area contributed by atoms with Gasteiger partial charge >= 0.3 is 0 Å². The molecule has 5 nitrogen and oxygen atoms in total. The summed E-state index contributed by atoms with van der Waals surface area (Å²) in [5.74, 6) is 1.25. The summed E-state index contributed by atoms with van der Waals surface area (Å²) in [6.45, 7) is 7.33. The Kier molecular flexibility index (Phi) is 6.10. The molecule has 0 aromatic carbocycles. The molecule has 0 aliphatic carbocycles. The van der Waals surface area contributed by atoms with Crippen molar-refractivity contribution >= 4 is 21.8 Å². The van der Waals surface area contributed by atoms with E-state index in [2.05, 4.69) is 11.8 Å². The van der Waals surface area contributed by atoms with E-state index in [-0.39, 0.29) is 0 Å². The lowest BCUT2D eigenvalue weighted by atomic mass is 10.0. The van der Waals surface area contributed by atoms with E-state index in [1.54, 1.807) is 8.61 Å². The minimum atomic E-state index is -3.26. The van der Waals surface area contributed by atoms with Gasteiger partial charge in [0.05, 0.1) is 0 Å². The van der Waals surface area contributed by atoms with E-state index in [4.69, 9.17) is 11.6 Å². The standard InChI is InChI=1S/C13H26ClN3O2S/c1-13-3-8-17(9-4-13)20(18,19)16-7-2-6-15(10-5-14)11-12-16/h13H,2-12H2,1H3. The topological polar surface area (TPSA) is 43.9 Å². The van der Waals surface area contributed by atoms with Gasteiger partial charge in [-0.25, -0.2) is 0 Å². The summed E-state index contributed by atoms with van der Waals surface area (Å²) in [4.78, 5) is 2.25. The van der Waals surface area contributed by atoms with Gasteiger partial charge in [-0.1, -0.05) is 6.92 Å². The Morgan fingerprint density at radius 1 is 1.00 bits per heavy atom. The van der Waals surface area contributed by atoms with Crippen molar-refractivity contribution in [2.24, 2.45) is 5.92 Å². The lowest BCUT2D eigenvalue weighted by Gasteiger charge is -2.33. The number of nitrogens with zero attached hydrogens (tertiary/aromatic N) is 3. The maximum Gasteiger partial charge on any atom is 0.282 e. The molecule has 0 unspecified atom stereocenters. The fraction of sp³-hybridized carbons (Fsp3) is 1.00. The van der Waals surface area contributed by atoms with Gasteiger partial charge in [-0.05, 0) is 31.7 Å². The number of alkyl halides is 1. The molecule has 0 saturated carbocycles. The summed E-state index contributed by atoms with van der Waals surface area (Å²) >= 11 is 5.77. The van der Waals surface area contributed by atoms with Crippen LogP contribution < -0.4 is 0 Å². The van der Waals surface area contributed by atoms with Crippen LogP contribution in [0, 0.1) is 5.92 Å². The van der Waals surface area contributed by atoms with Gasteiger partial charge in [-0.2, -0.15) is 17.0 Å². The summed E-state index contributed by atoms with van der Waals surface area (Å²) in [5, 5.41) is 0. The molecule has 0 radical (unpaired) electrons. The number of halogens is 1. The first kappa shape index (κ1) is 16.5. The van der Waals surface area contributed by atoms with Crippen molar-refractivity contribution in [3.8, 4) is 0 Å². The minimum Gasteiger partial charge on any atom is -0.301 e. The molecule has 2 aliphatic rings. The van der Waals surface area contributed by atoms with Crippen LogP contribution in [0.5, 0.6) is 0 Å². The second kappa shape index (κ2) is 7.40. The molecule has 0 atom stereocenters. The number of rotatable bonds is 4. The molecule has 118 valence electrons. The van der Waals surface area contributed by atoms with Gasteiger partial charge in [-0.15, -0.1) is 11.6 Å². The van der Waals surface area contributed by atoms with Gasteiger partial charge in [0.1, 0.15) is 0 Å². The van der Waals surface area contributed by atoms with E-state index >= 15 is 0 Å². The van der Waals surface area contributed by atoms with Crippen LogP contribution in [0.15, 0.2) is 0 Å². The summed E-state index contributed by atoms with van der Waals surface area (Å²) in [6, 6.07) is 0. The Morgan fingerprint density at radius 2 is 1.65 bits per heavy atom. The molecule has 2 heterocycles. The van der Waals surface area contributed by atoms with E-state index in [9.17, 15) is 8.42 Å². The first-order valence-corrected chi connectivity index (χ1v) is 9.50. The Morgan fingerprint density at radius 3 is 2.30 bits per heavy atom. The molecule has 0 aromatic rings. The highest BCUT2D eigenvalue weighted by Crippen LogP contribution is 2.21. The van der Waals surface area contributed by atoms with E-state index in [0.717, 1.165) is 38.9 Å². The van der Waals surface area contributed by atoms with Gasteiger partial charge < -0.3 is 4.90 Å². The zero-order valence-corrected chi connectivity index (χ0v) is 13.9. The van der Waals surface area contributed by atoms with Crippen LogP contribution >= 0.6 is 11.6 Å². The molecule has 0 bridgehead atoms. The largest absolute Gasteiger partial charge is 0.301 e. The third kappa shape index (κ3) is 4.07. The highest BCUT2D eigenvalue weighted by Gasteiger charge is 2.32. The van der Waals surface area contributed by atoms with Crippen molar-refractivity contribution in [3.63, 3.8) is 0 Å². The summed E-state index contributed by atoms with van der Waals surface area (Å²) in [6.07, 6.45) is 2.84. The zero-order chi connectivity index (χ0) is 14.6. The van der Waals surface area contributed by atoms with Crippen LogP contribution in [0.2, 0.25) is 0 Å². The molecule has 2 saturated heterocycles. The summed E-state index contributed by atoms with van der Waals surface area (Å²) < 4.78 is 28.7. The van der Waals surface area contributed by atoms with Crippen LogP contribution in [-0.4, -0.2) is 73.6 Å². The highest BCUT2D eigenvalue weighted by atomic mass is 35.5. The third-order valence-corrected chi connectivity index (χ3v) is 6.55. The molecule has 0 amide bonds. The highest BCUT2D eigenvalue weighted by molar-refractivity contribution is 7.86. The monoisotopic (exact) mass is 323 g/mol. The molecule has 7 heteroatoms. The Labute approximate surface area is 128 Å². The maximum absolute atomic E-state index is 12.7. The van der Waals surface area contributed by atoms with Crippen molar-refractivity contribution in [3.05, 3.63) is 0 Å². The molecule has 0 N–H and O–H groups in total. The zero-order valence-electron chi connectivity index (χ0n) is 12.3. The second-order valence-electron chi connectivity index (χ2n) is 5.87. The molecule has 0 spiro atoms. The Bertz CT molecular complexity index is 396. The van der Waals surface area contributed by atoms with Crippen molar-refractivity contribution in [1.29, 1.82) is 0 Å². The van der Waals surface area contributed by atoms with E-state index < -0.39 is 10.2 Å². The van der Waals surface area contributed by atoms with Crippen molar-refractivity contribution in [2.75, 3.05) is 51.7 Å². The summed E-state index contributed by atoms with van der Waals surface area (Å²) in [7, 11) is -3.26. The quantitative estimate of drug-likeness (QED) is 0.730. The fourth-order valence-corrected chi connectivity index (χ4v) is 4.81. The van der Waals surface area contributed by atoms with Crippen molar-refractivity contribution < 1.29 is 8.42 Å². The molecular formula is C13H26ClN3O2S. The van der Waals surface area contributed by atoms with Crippen LogP contribution in [0.4, 0.5) is 0 Å². The van der Waals surface area contributed by atoms with Gasteiger partial charge in [-0.3, -0.25) is 0 Å². The van der Waals surface area contributed by atoms with E-state index in [1.165, 1.54) is 0 Å². The lowest BCUT2D eigenvalue weighted by Crippen LogP contribution is -2.48. The Hall–Kier alpha value is 0.120. The smallest absolute Gasteiger partial charge is 0.282 e. The average molecular weight is 324 g/mol. The third-order valence-electron chi connectivity index (χ3n) is 4.34. The van der Waals surface area contributed by atoms with Crippen LogP contribution in [-0.2, 0) is 10.2 Å². The molecule has 0 aromatic heterocycles. The first-order valence-electron chi connectivity index (χ1n) is 7.57. The second-order valence-corrected chi connectivity index (χ2v) is 8.18. The van der Waals surface area contributed by atoms with Crippen LogP contribution in [0.25, 0.3) is 0 Å². The normalized spacial score (nSPS) is 25.7. The van der Waals surface area contributed by atoms with Gasteiger partial charge in [0.2, 0.25) is 0 Å². The predicted octanol–water partition coefficient (Wildman–Crippen LogP) is 1.21. The summed E-state index contributed by atoms with van der Waals surface area (Å²) in [5.41, 5.74) is 0. The van der Waals surface area contributed by atoms with Gasteiger partial charge in [0, 0.05) is 45.1 Å². The van der Waals surface area contributed by atoms with E-state index in [0.29, 0.717) is 38.0 Å². The van der Waals surface area contributed by atoms with Gasteiger partial charge in [0.25, 0.3) is 10.2 Å². The molecule has 2 rings (SSSR count). The molecule has 2 fully saturated rings. The van der Waals surface area contributed by atoms with Gasteiger partial charge in [0.15, 0.2) is 0 Å². The van der Waals surface area contributed by atoms with Crippen molar-refractivity contribution in [1.82, 2.24) is 13.5 Å². The number of piperidine rings is 1. The SMILES string of the molecule is CC1CCN(S(=O)(=O)N2CCCN(CCCl)CC2)CC1. The van der Waals surface area contributed by atoms with E-state index in [1.807, 2.05) is 0 Å². The number of hydrogen-bond donors (Lipinski definition) is 0. The van der Waals surface area contributed by atoms with Crippen molar-refractivity contribution in [2.45, 2.75) is 26.2 Å². The van der Waals surface area contributed by atoms with Crippen LogP contribution in [0.3, 0.4) is 0 Å². The average Bonchev–Trinajstić information content (AvgIpc) is 2.66. The Balaban J connectivity index is 1.95. The molecular weight excluding hydrogens is 298 g/mol. The fourth-order valence-electron chi connectivity index (χ4n) is 2.90. The maximum atomic E-state index is 12.7. The predicted molar refractivity (Wildman–Crippen MR) is 82.2 cm³/mol.